The largest absolute Gasteiger partial charge is 0.366 e. The van der Waals surface area contributed by atoms with Crippen LogP contribution in [0.2, 0.25) is 0 Å². The predicted octanol–water partition coefficient (Wildman–Crippen LogP) is 1.58. The third-order valence-electron chi connectivity index (χ3n) is 2.52. The Hall–Kier alpha value is -0.140. The summed E-state index contributed by atoms with van der Waals surface area (Å²) in [6.07, 6.45) is 0.529. The Kier molecular flexibility index (Phi) is 7.18. The Labute approximate surface area is 125 Å². The van der Waals surface area contributed by atoms with Crippen molar-refractivity contribution in [3.8, 4) is 0 Å². The SMILES string of the molecule is Cl.O=C(NCCc1ccc(Br)s1)C1CNCCO1. The first kappa shape index (κ1) is 15.9. The number of carbonyl (C=O) groups is 1. The van der Waals surface area contributed by atoms with Crippen LogP contribution in [0.4, 0.5) is 0 Å². The molecule has 0 aromatic carbocycles. The Morgan fingerprint density at radius 3 is 3.06 bits per heavy atom. The van der Waals surface area contributed by atoms with Crippen LogP contribution in [0.1, 0.15) is 4.88 Å². The van der Waals surface area contributed by atoms with Crippen LogP contribution in [0.25, 0.3) is 0 Å². The van der Waals surface area contributed by atoms with Crippen molar-refractivity contribution in [2.45, 2.75) is 12.5 Å². The van der Waals surface area contributed by atoms with Crippen molar-refractivity contribution in [2.24, 2.45) is 0 Å². The highest BCUT2D eigenvalue weighted by Crippen LogP contribution is 2.21. The van der Waals surface area contributed by atoms with Crippen LogP contribution in [0.5, 0.6) is 0 Å². The minimum absolute atomic E-state index is 0. The molecule has 102 valence electrons. The molecule has 0 bridgehead atoms. The van der Waals surface area contributed by atoms with E-state index in [4.69, 9.17) is 4.74 Å². The first-order valence-electron chi connectivity index (χ1n) is 5.60. The number of morpholine rings is 1. The molecule has 1 saturated heterocycles. The van der Waals surface area contributed by atoms with Crippen LogP contribution in [0.3, 0.4) is 0 Å². The summed E-state index contributed by atoms with van der Waals surface area (Å²) in [7, 11) is 0. The summed E-state index contributed by atoms with van der Waals surface area (Å²) in [5, 5.41) is 6.03. The van der Waals surface area contributed by atoms with E-state index in [1.807, 2.05) is 6.07 Å². The zero-order valence-electron chi connectivity index (χ0n) is 9.78. The van der Waals surface area contributed by atoms with E-state index in [-0.39, 0.29) is 24.4 Å². The zero-order valence-corrected chi connectivity index (χ0v) is 13.0. The molecule has 2 N–H and O–H groups in total. The van der Waals surface area contributed by atoms with Gasteiger partial charge in [-0.15, -0.1) is 23.7 Å². The number of carbonyl (C=O) groups excluding carboxylic acids is 1. The maximum absolute atomic E-state index is 11.7. The Morgan fingerprint density at radius 2 is 2.44 bits per heavy atom. The maximum Gasteiger partial charge on any atom is 0.250 e. The molecule has 18 heavy (non-hydrogen) atoms. The monoisotopic (exact) mass is 354 g/mol. The Balaban J connectivity index is 0.00000162. The fourth-order valence-electron chi connectivity index (χ4n) is 1.64. The summed E-state index contributed by atoms with van der Waals surface area (Å²) in [6, 6.07) is 4.09. The molecule has 0 saturated carbocycles. The second kappa shape index (κ2) is 8.12. The average molecular weight is 356 g/mol. The van der Waals surface area contributed by atoms with Gasteiger partial charge in [0.15, 0.2) is 0 Å². The standard InChI is InChI=1S/C11H15BrN2O2S.ClH/c12-10-2-1-8(17-10)3-4-14-11(15)9-7-13-5-6-16-9;/h1-2,9,13H,3-7H2,(H,14,15);1H. The second-order valence-corrected chi connectivity index (χ2v) is 6.36. The molecule has 1 aliphatic heterocycles. The molecule has 1 unspecified atom stereocenters. The number of rotatable bonds is 4. The van der Waals surface area contributed by atoms with Gasteiger partial charge in [0.05, 0.1) is 10.4 Å². The van der Waals surface area contributed by atoms with Gasteiger partial charge in [0.1, 0.15) is 6.10 Å². The van der Waals surface area contributed by atoms with Crippen molar-refractivity contribution in [3.05, 3.63) is 20.8 Å². The van der Waals surface area contributed by atoms with Gasteiger partial charge in [0.25, 0.3) is 0 Å². The molecule has 1 aliphatic rings. The van der Waals surface area contributed by atoms with Crippen molar-refractivity contribution >= 4 is 45.6 Å². The highest BCUT2D eigenvalue weighted by Gasteiger charge is 2.20. The number of ether oxygens (including phenoxy) is 1. The third kappa shape index (κ3) is 4.85. The van der Waals surface area contributed by atoms with Crippen molar-refractivity contribution in [1.29, 1.82) is 0 Å². The molecular weight excluding hydrogens is 340 g/mol. The number of nitrogens with one attached hydrogen (secondary N) is 2. The molecule has 2 rings (SSSR count). The number of amides is 1. The molecule has 4 nitrogen and oxygen atoms in total. The van der Waals surface area contributed by atoms with Gasteiger partial charge in [-0.2, -0.15) is 0 Å². The lowest BCUT2D eigenvalue weighted by Crippen LogP contribution is -2.48. The Morgan fingerprint density at radius 1 is 1.61 bits per heavy atom. The van der Waals surface area contributed by atoms with Crippen LogP contribution < -0.4 is 10.6 Å². The van der Waals surface area contributed by atoms with Crippen molar-refractivity contribution in [2.75, 3.05) is 26.2 Å². The smallest absolute Gasteiger partial charge is 0.250 e. The van der Waals surface area contributed by atoms with E-state index in [1.54, 1.807) is 11.3 Å². The molecule has 2 heterocycles. The van der Waals surface area contributed by atoms with Gasteiger partial charge in [0.2, 0.25) is 5.91 Å². The lowest BCUT2D eigenvalue weighted by atomic mass is 10.2. The lowest BCUT2D eigenvalue weighted by molar-refractivity contribution is -0.134. The van der Waals surface area contributed by atoms with Gasteiger partial charge < -0.3 is 15.4 Å². The summed E-state index contributed by atoms with van der Waals surface area (Å²) < 4.78 is 6.49. The van der Waals surface area contributed by atoms with E-state index in [9.17, 15) is 4.79 Å². The molecule has 0 spiro atoms. The highest BCUT2D eigenvalue weighted by atomic mass is 79.9. The molecule has 1 fully saturated rings. The molecule has 1 aromatic heterocycles. The van der Waals surface area contributed by atoms with E-state index in [2.05, 4.69) is 32.6 Å². The van der Waals surface area contributed by atoms with Crippen LogP contribution in [0, 0.1) is 0 Å². The molecular formula is C11H16BrClN2O2S. The van der Waals surface area contributed by atoms with Gasteiger partial charge in [-0.3, -0.25) is 4.79 Å². The van der Waals surface area contributed by atoms with Crippen molar-refractivity contribution in [3.63, 3.8) is 0 Å². The van der Waals surface area contributed by atoms with E-state index >= 15 is 0 Å². The molecule has 0 radical (unpaired) electrons. The second-order valence-electron chi connectivity index (χ2n) is 3.81. The average Bonchev–Trinajstić information content (AvgIpc) is 2.76. The van der Waals surface area contributed by atoms with Crippen LogP contribution in [-0.4, -0.2) is 38.3 Å². The third-order valence-corrected chi connectivity index (χ3v) is 4.20. The van der Waals surface area contributed by atoms with Gasteiger partial charge in [0, 0.05) is 24.5 Å². The number of thiophene rings is 1. The topological polar surface area (TPSA) is 50.4 Å². The van der Waals surface area contributed by atoms with E-state index in [0.717, 1.165) is 16.8 Å². The fourth-order valence-corrected chi connectivity index (χ4v) is 3.13. The van der Waals surface area contributed by atoms with E-state index in [1.165, 1.54) is 4.88 Å². The lowest BCUT2D eigenvalue weighted by Gasteiger charge is -2.22. The van der Waals surface area contributed by atoms with Gasteiger partial charge in [-0.25, -0.2) is 0 Å². The van der Waals surface area contributed by atoms with Gasteiger partial charge >= 0.3 is 0 Å². The van der Waals surface area contributed by atoms with Crippen LogP contribution >= 0.6 is 39.7 Å². The maximum atomic E-state index is 11.7. The predicted molar refractivity (Wildman–Crippen MR) is 78.6 cm³/mol. The summed E-state index contributed by atoms with van der Waals surface area (Å²) in [6.45, 7) is 2.70. The summed E-state index contributed by atoms with van der Waals surface area (Å²) >= 11 is 5.12. The highest BCUT2D eigenvalue weighted by molar-refractivity contribution is 9.11. The minimum atomic E-state index is -0.334. The Bertz CT molecular complexity index is 383. The zero-order chi connectivity index (χ0) is 12.1. The fraction of sp³-hybridized carbons (Fsp3) is 0.545. The van der Waals surface area contributed by atoms with Gasteiger partial charge in [-0.1, -0.05) is 0 Å². The minimum Gasteiger partial charge on any atom is -0.366 e. The number of hydrogen-bond acceptors (Lipinski definition) is 4. The summed E-state index contributed by atoms with van der Waals surface area (Å²) in [5.74, 6) is -0.0205. The summed E-state index contributed by atoms with van der Waals surface area (Å²) in [5.41, 5.74) is 0. The molecule has 1 atom stereocenters. The molecule has 7 heteroatoms. The first-order valence-corrected chi connectivity index (χ1v) is 7.21. The first-order chi connectivity index (χ1) is 8.25. The molecule has 1 amide bonds. The van der Waals surface area contributed by atoms with E-state index in [0.29, 0.717) is 19.7 Å². The van der Waals surface area contributed by atoms with Crippen LogP contribution in [-0.2, 0) is 16.0 Å². The number of hydrogen-bond donors (Lipinski definition) is 2. The quantitative estimate of drug-likeness (QED) is 0.862. The van der Waals surface area contributed by atoms with E-state index < -0.39 is 0 Å². The van der Waals surface area contributed by atoms with Crippen molar-refractivity contribution in [1.82, 2.24) is 10.6 Å². The number of halogens is 2. The van der Waals surface area contributed by atoms with Crippen molar-refractivity contribution < 1.29 is 9.53 Å². The molecule has 1 aromatic rings. The normalized spacial score (nSPS) is 19.1. The molecule has 0 aliphatic carbocycles. The van der Waals surface area contributed by atoms with Gasteiger partial charge in [-0.05, 0) is 34.5 Å². The van der Waals surface area contributed by atoms with Crippen LogP contribution in [0.15, 0.2) is 15.9 Å². The summed E-state index contributed by atoms with van der Waals surface area (Å²) in [4.78, 5) is 13.0.